The Hall–Kier alpha value is -2.27. The van der Waals surface area contributed by atoms with Crippen LogP contribution in [-0.2, 0) is 18.8 Å². The summed E-state index contributed by atoms with van der Waals surface area (Å²) in [7, 11) is 5.39. The monoisotopic (exact) mass is 582 g/mol. The molecule has 4 rings (SSSR count). The normalized spacial score (nSPS) is 10.6. The largest absolute Gasteiger partial charge is 0.475 e. The van der Waals surface area contributed by atoms with E-state index in [2.05, 4.69) is 52.0 Å². The molecular weight excluding hydrogens is 564 g/mol. The van der Waals surface area contributed by atoms with Gasteiger partial charge in [-0.05, 0) is 50.1 Å². The van der Waals surface area contributed by atoms with Gasteiger partial charge in [0.1, 0.15) is 23.1 Å². The van der Waals surface area contributed by atoms with Crippen LogP contribution < -0.4 is 4.74 Å². The summed E-state index contributed by atoms with van der Waals surface area (Å²) >= 11 is 12.7. The van der Waals surface area contributed by atoms with E-state index < -0.39 is 0 Å². The average molecular weight is 585 g/mol. The van der Waals surface area contributed by atoms with Crippen LogP contribution >= 0.6 is 43.5 Å². The zero-order valence-electron chi connectivity index (χ0n) is 17.7. The Morgan fingerprint density at radius 1 is 0.875 bits per heavy atom. The van der Waals surface area contributed by atoms with Gasteiger partial charge in [0.05, 0.1) is 15.6 Å². The number of ether oxygens (including phenoxy) is 2. The molecule has 4 heterocycles. The maximum absolute atomic E-state index is 5.79. The summed E-state index contributed by atoms with van der Waals surface area (Å²) in [6.45, 7) is 1.02. The van der Waals surface area contributed by atoms with Crippen LogP contribution in [0.5, 0.6) is 5.88 Å². The quantitative estimate of drug-likeness (QED) is 0.230. The van der Waals surface area contributed by atoms with Crippen LogP contribution in [0.25, 0.3) is 22.5 Å². The van der Waals surface area contributed by atoms with E-state index in [1.807, 2.05) is 44.7 Å². The first kappa shape index (κ1) is 24.4. The van der Waals surface area contributed by atoms with E-state index >= 15 is 0 Å². The fraction of sp³-hybridized carbons (Fsp3) is 0.238. The molecule has 11 heteroatoms. The van der Waals surface area contributed by atoms with E-state index in [1.54, 1.807) is 34.9 Å². The van der Waals surface area contributed by atoms with Gasteiger partial charge in [0.2, 0.25) is 5.88 Å². The van der Waals surface area contributed by atoms with Crippen LogP contribution in [0.2, 0.25) is 5.15 Å². The first-order chi connectivity index (χ1) is 15.4. The van der Waals surface area contributed by atoms with Crippen LogP contribution in [-0.4, -0.2) is 49.9 Å². The van der Waals surface area contributed by atoms with Crippen molar-refractivity contribution < 1.29 is 9.47 Å². The highest BCUT2D eigenvalue weighted by atomic mass is 79.9. The van der Waals surface area contributed by atoms with Crippen molar-refractivity contribution in [1.82, 2.24) is 29.5 Å². The Labute approximate surface area is 207 Å². The summed E-state index contributed by atoms with van der Waals surface area (Å²) in [5.74, 6) is 0.571. The molecule has 8 nitrogen and oxygen atoms in total. The summed E-state index contributed by atoms with van der Waals surface area (Å²) in [5, 5.41) is 9.16. The topological polar surface area (TPSA) is 79.9 Å². The molecule has 0 bridgehead atoms. The molecule has 0 fully saturated rings. The molecule has 0 aromatic carbocycles. The zero-order valence-corrected chi connectivity index (χ0v) is 21.6. The third-order valence-corrected chi connectivity index (χ3v) is 5.48. The van der Waals surface area contributed by atoms with Crippen LogP contribution in [0.3, 0.4) is 0 Å². The number of hydrogen-bond donors (Lipinski definition) is 0. The van der Waals surface area contributed by atoms with E-state index in [-0.39, 0.29) is 0 Å². The third kappa shape index (κ3) is 6.61. The molecule has 0 amide bonds. The highest BCUT2D eigenvalue weighted by Crippen LogP contribution is 2.28. The molecule has 0 saturated carbocycles. The predicted octanol–water partition coefficient (Wildman–Crippen LogP) is 5.17. The first-order valence-electron chi connectivity index (χ1n) is 9.45. The summed E-state index contributed by atoms with van der Waals surface area (Å²) in [4.78, 5) is 8.06. The minimum absolute atomic E-state index is 0.472. The second kappa shape index (κ2) is 11.6. The fourth-order valence-electron chi connectivity index (χ4n) is 2.73. The smallest absolute Gasteiger partial charge is 0.213 e. The highest BCUT2D eigenvalue weighted by molar-refractivity contribution is 9.11. The molecule has 0 aliphatic carbocycles. The Balaban J connectivity index is 0.000000186. The van der Waals surface area contributed by atoms with Gasteiger partial charge in [0.15, 0.2) is 0 Å². The Morgan fingerprint density at radius 2 is 1.44 bits per heavy atom. The van der Waals surface area contributed by atoms with Crippen LogP contribution in [0, 0.1) is 0 Å². The third-order valence-electron chi connectivity index (χ3n) is 4.11. The summed E-state index contributed by atoms with van der Waals surface area (Å²) in [6.07, 6.45) is 7.17. The molecule has 0 aliphatic heterocycles. The Bertz CT molecular complexity index is 1180. The standard InChI is InChI=1S/C12H14BrN3O2.C9H7BrClN3/c1-16-8-10(13)12(15-16)9-3-4-14-11(7-9)18-6-5-17-2;1-14-5-7(10)9(13-14)6-2-3-12-8(11)4-6/h3-4,7-8H,5-6H2,1-2H3;2-5H,1H3. The molecule has 168 valence electrons. The number of halogens is 3. The lowest BCUT2D eigenvalue weighted by Crippen LogP contribution is -2.05. The minimum Gasteiger partial charge on any atom is -0.475 e. The Morgan fingerprint density at radius 3 is 1.94 bits per heavy atom. The lowest BCUT2D eigenvalue weighted by Gasteiger charge is -2.05. The number of rotatable bonds is 6. The second-order valence-corrected chi connectivity index (χ2v) is 8.69. The molecular formula is C21H21Br2ClN6O2. The van der Waals surface area contributed by atoms with Gasteiger partial charge < -0.3 is 9.47 Å². The molecule has 0 radical (unpaired) electrons. The highest BCUT2D eigenvalue weighted by Gasteiger charge is 2.09. The van der Waals surface area contributed by atoms with Crippen molar-refractivity contribution in [2.45, 2.75) is 0 Å². The molecule has 32 heavy (non-hydrogen) atoms. The summed E-state index contributed by atoms with van der Waals surface area (Å²) < 4.78 is 15.8. The molecule has 4 aromatic rings. The van der Waals surface area contributed by atoms with Crippen LogP contribution in [0.4, 0.5) is 0 Å². The number of pyridine rings is 2. The van der Waals surface area contributed by atoms with Crippen molar-refractivity contribution >= 4 is 43.5 Å². The molecule has 0 spiro atoms. The Kier molecular flexibility index (Phi) is 8.80. The molecule has 0 unspecified atom stereocenters. The van der Waals surface area contributed by atoms with Gasteiger partial charge in [-0.3, -0.25) is 9.36 Å². The van der Waals surface area contributed by atoms with Crippen molar-refractivity contribution in [1.29, 1.82) is 0 Å². The molecule has 0 N–H and O–H groups in total. The van der Waals surface area contributed by atoms with E-state index in [1.165, 1.54) is 0 Å². The van der Waals surface area contributed by atoms with Gasteiger partial charge in [-0.25, -0.2) is 9.97 Å². The van der Waals surface area contributed by atoms with E-state index in [0.717, 1.165) is 31.5 Å². The maximum atomic E-state index is 5.79. The van der Waals surface area contributed by atoms with Gasteiger partial charge >= 0.3 is 0 Å². The van der Waals surface area contributed by atoms with Crippen molar-refractivity contribution in [3.8, 4) is 28.4 Å². The van der Waals surface area contributed by atoms with Crippen molar-refractivity contribution in [2.24, 2.45) is 14.1 Å². The predicted molar refractivity (Wildman–Crippen MR) is 131 cm³/mol. The number of aromatic nitrogens is 6. The summed E-state index contributed by atoms with van der Waals surface area (Å²) in [5.41, 5.74) is 3.66. The van der Waals surface area contributed by atoms with E-state index in [9.17, 15) is 0 Å². The SMILES string of the molecule is COCCOc1cc(-c2nn(C)cc2Br)ccn1.Cn1cc(Br)c(-c2ccnc(Cl)c2)n1. The van der Waals surface area contributed by atoms with Gasteiger partial charge in [0, 0.05) is 63.2 Å². The van der Waals surface area contributed by atoms with Crippen molar-refractivity contribution in [3.63, 3.8) is 0 Å². The van der Waals surface area contributed by atoms with Crippen molar-refractivity contribution in [3.05, 3.63) is 63.2 Å². The lowest BCUT2D eigenvalue weighted by molar-refractivity contribution is 0.144. The zero-order chi connectivity index (χ0) is 23.1. The summed E-state index contributed by atoms with van der Waals surface area (Å²) in [6, 6.07) is 7.42. The molecule has 0 aliphatic rings. The maximum Gasteiger partial charge on any atom is 0.213 e. The van der Waals surface area contributed by atoms with Gasteiger partial charge in [-0.2, -0.15) is 10.2 Å². The number of aryl methyl sites for hydroxylation is 2. The lowest BCUT2D eigenvalue weighted by atomic mass is 10.2. The fourth-order valence-corrected chi connectivity index (χ4v) is 4.11. The minimum atomic E-state index is 0.472. The van der Waals surface area contributed by atoms with Crippen LogP contribution in [0.1, 0.15) is 0 Å². The van der Waals surface area contributed by atoms with E-state index in [0.29, 0.717) is 24.2 Å². The second-order valence-electron chi connectivity index (χ2n) is 6.59. The average Bonchev–Trinajstić information content (AvgIpc) is 3.28. The van der Waals surface area contributed by atoms with Crippen LogP contribution in [0.15, 0.2) is 58.0 Å². The number of methoxy groups -OCH3 is 1. The first-order valence-corrected chi connectivity index (χ1v) is 11.4. The van der Waals surface area contributed by atoms with Gasteiger partial charge in [-0.1, -0.05) is 11.6 Å². The van der Waals surface area contributed by atoms with Gasteiger partial charge in [-0.15, -0.1) is 0 Å². The molecule has 0 saturated heterocycles. The van der Waals surface area contributed by atoms with E-state index in [4.69, 9.17) is 21.1 Å². The number of nitrogens with zero attached hydrogens (tertiary/aromatic N) is 6. The van der Waals surface area contributed by atoms with Gasteiger partial charge in [0.25, 0.3) is 0 Å². The van der Waals surface area contributed by atoms with Crippen molar-refractivity contribution in [2.75, 3.05) is 20.3 Å². The number of hydrogen-bond acceptors (Lipinski definition) is 6. The molecule has 0 atom stereocenters. The molecule has 4 aromatic heterocycles.